The van der Waals surface area contributed by atoms with Gasteiger partial charge in [-0.25, -0.2) is 0 Å². The van der Waals surface area contributed by atoms with Crippen molar-refractivity contribution < 1.29 is 4.79 Å². The van der Waals surface area contributed by atoms with Gasteiger partial charge in [0.25, 0.3) is 0 Å². The summed E-state index contributed by atoms with van der Waals surface area (Å²) in [5, 5.41) is 3.81. The molecule has 1 N–H and O–H groups in total. The molecule has 82 valence electrons. The maximum absolute atomic E-state index is 11.1. The van der Waals surface area contributed by atoms with Crippen LogP contribution in [0, 0.1) is 0 Å². The molecule has 1 aromatic carbocycles. The van der Waals surface area contributed by atoms with E-state index in [0.717, 1.165) is 5.56 Å². The van der Waals surface area contributed by atoms with Gasteiger partial charge in [0.15, 0.2) is 0 Å². The molecule has 1 rings (SSSR count). The molecule has 0 aliphatic heterocycles. The molecule has 1 atom stereocenters. The van der Waals surface area contributed by atoms with Crippen LogP contribution in [-0.2, 0) is 4.79 Å². The molecule has 0 bridgehead atoms. The molecule has 1 aromatic rings. The molecule has 0 saturated carbocycles. The lowest BCUT2D eigenvalue weighted by Gasteiger charge is -2.14. The third-order valence-corrected chi connectivity index (χ3v) is 2.73. The van der Waals surface area contributed by atoms with Crippen molar-refractivity contribution in [1.29, 1.82) is 0 Å². The highest BCUT2D eigenvalue weighted by Crippen LogP contribution is 2.25. The SMILES string of the molecule is C[C@H](NC(=O)CCl)c1ccc(Cl)cc1Cl. The van der Waals surface area contributed by atoms with Gasteiger partial charge in [0.05, 0.1) is 6.04 Å². The number of carbonyl (C=O) groups excluding carboxylic acids is 1. The van der Waals surface area contributed by atoms with Crippen LogP contribution in [-0.4, -0.2) is 11.8 Å². The Morgan fingerprint density at radius 3 is 2.67 bits per heavy atom. The number of halogens is 3. The molecular weight excluding hydrogens is 256 g/mol. The zero-order valence-electron chi connectivity index (χ0n) is 8.06. The Bertz CT molecular complexity index is 368. The molecule has 2 nitrogen and oxygen atoms in total. The van der Waals surface area contributed by atoms with Crippen LogP contribution in [0.3, 0.4) is 0 Å². The molecule has 0 radical (unpaired) electrons. The number of carbonyl (C=O) groups is 1. The molecule has 0 aliphatic rings. The van der Waals surface area contributed by atoms with Crippen molar-refractivity contribution in [3.05, 3.63) is 33.8 Å². The van der Waals surface area contributed by atoms with Crippen molar-refractivity contribution in [3.63, 3.8) is 0 Å². The van der Waals surface area contributed by atoms with Gasteiger partial charge in [-0.05, 0) is 24.6 Å². The van der Waals surface area contributed by atoms with Crippen LogP contribution in [0.15, 0.2) is 18.2 Å². The fourth-order valence-corrected chi connectivity index (χ4v) is 1.86. The van der Waals surface area contributed by atoms with E-state index in [1.54, 1.807) is 18.2 Å². The van der Waals surface area contributed by atoms with Crippen molar-refractivity contribution in [1.82, 2.24) is 5.32 Å². The van der Waals surface area contributed by atoms with E-state index < -0.39 is 0 Å². The largest absolute Gasteiger partial charge is 0.348 e. The quantitative estimate of drug-likeness (QED) is 0.835. The monoisotopic (exact) mass is 265 g/mol. The Labute approximate surface area is 104 Å². The van der Waals surface area contributed by atoms with E-state index in [-0.39, 0.29) is 17.8 Å². The van der Waals surface area contributed by atoms with Gasteiger partial charge in [0.2, 0.25) is 5.91 Å². The van der Waals surface area contributed by atoms with Crippen molar-refractivity contribution in [2.45, 2.75) is 13.0 Å². The van der Waals surface area contributed by atoms with E-state index in [2.05, 4.69) is 5.32 Å². The van der Waals surface area contributed by atoms with Crippen LogP contribution in [0.1, 0.15) is 18.5 Å². The van der Waals surface area contributed by atoms with Crippen molar-refractivity contribution in [2.24, 2.45) is 0 Å². The van der Waals surface area contributed by atoms with E-state index in [4.69, 9.17) is 34.8 Å². The van der Waals surface area contributed by atoms with Crippen LogP contribution in [0.2, 0.25) is 10.0 Å². The Kier molecular flexibility index (Phi) is 4.71. The van der Waals surface area contributed by atoms with E-state index in [9.17, 15) is 4.79 Å². The summed E-state index contributed by atoms with van der Waals surface area (Å²) in [6.45, 7) is 1.83. The summed E-state index contributed by atoms with van der Waals surface area (Å²) in [6, 6.07) is 4.97. The van der Waals surface area contributed by atoms with Crippen LogP contribution in [0.25, 0.3) is 0 Å². The molecule has 0 aromatic heterocycles. The third kappa shape index (κ3) is 3.56. The Balaban J connectivity index is 2.82. The normalized spacial score (nSPS) is 12.3. The third-order valence-electron chi connectivity index (χ3n) is 1.93. The van der Waals surface area contributed by atoms with Gasteiger partial charge in [-0.2, -0.15) is 0 Å². The van der Waals surface area contributed by atoms with Gasteiger partial charge in [0, 0.05) is 10.0 Å². The Morgan fingerprint density at radius 2 is 2.13 bits per heavy atom. The molecule has 0 aliphatic carbocycles. The number of benzene rings is 1. The smallest absolute Gasteiger partial charge is 0.235 e. The van der Waals surface area contributed by atoms with Gasteiger partial charge in [-0.1, -0.05) is 29.3 Å². The number of nitrogens with one attached hydrogen (secondary N) is 1. The Morgan fingerprint density at radius 1 is 1.47 bits per heavy atom. The second kappa shape index (κ2) is 5.59. The minimum absolute atomic E-state index is 0.0600. The summed E-state index contributed by atoms with van der Waals surface area (Å²) >= 11 is 17.1. The topological polar surface area (TPSA) is 29.1 Å². The van der Waals surface area contributed by atoms with E-state index in [1.165, 1.54) is 0 Å². The van der Waals surface area contributed by atoms with Crippen molar-refractivity contribution >= 4 is 40.7 Å². The molecular formula is C10H10Cl3NO. The highest BCUT2D eigenvalue weighted by atomic mass is 35.5. The first-order chi connectivity index (χ1) is 7.04. The molecule has 0 spiro atoms. The number of hydrogen-bond acceptors (Lipinski definition) is 1. The highest BCUT2D eigenvalue weighted by molar-refractivity contribution is 6.35. The van der Waals surface area contributed by atoms with E-state index in [1.807, 2.05) is 6.92 Å². The summed E-state index contributed by atoms with van der Waals surface area (Å²) in [6.07, 6.45) is 0. The van der Waals surface area contributed by atoms with Crippen molar-refractivity contribution in [2.75, 3.05) is 5.88 Å². The van der Waals surface area contributed by atoms with E-state index >= 15 is 0 Å². The van der Waals surface area contributed by atoms with Crippen LogP contribution >= 0.6 is 34.8 Å². The summed E-state index contributed by atoms with van der Waals surface area (Å²) in [7, 11) is 0. The second-order valence-electron chi connectivity index (χ2n) is 3.09. The number of alkyl halides is 1. The second-order valence-corrected chi connectivity index (χ2v) is 4.20. The zero-order valence-corrected chi connectivity index (χ0v) is 10.3. The maximum atomic E-state index is 11.1. The lowest BCUT2D eigenvalue weighted by atomic mass is 10.1. The predicted molar refractivity (Wildman–Crippen MR) is 63.7 cm³/mol. The fourth-order valence-electron chi connectivity index (χ4n) is 1.21. The van der Waals surface area contributed by atoms with Crippen LogP contribution in [0.5, 0.6) is 0 Å². The first kappa shape index (κ1) is 12.6. The average molecular weight is 267 g/mol. The first-order valence-corrected chi connectivity index (χ1v) is 5.64. The molecule has 0 unspecified atom stereocenters. The lowest BCUT2D eigenvalue weighted by Crippen LogP contribution is -2.27. The molecule has 1 amide bonds. The molecule has 0 fully saturated rings. The molecule has 0 saturated heterocycles. The van der Waals surface area contributed by atoms with E-state index in [0.29, 0.717) is 10.0 Å². The summed E-state index contributed by atoms with van der Waals surface area (Å²) in [5.74, 6) is -0.287. The molecule has 0 heterocycles. The standard InChI is InChI=1S/C10H10Cl3NO/c1-6(14-10(15)5-11)8-3-2-7(12)4-9(8)13/h2-4,6H,5H2,1H3,(H,14,15)/t6-/m0/s1. The first-order valence-electron chi connectivity index (χ1n) is 4.35. The highest BCUT2D eigenvalue weighted by Gasteiger charge is 2.11. The minimum atomic E-state index is -0.227. The fraction of sp³-hybridized carbons (Fsp3) is 0.300. The summed E-state index contributed by atoms with van der Waals surface area (Å²) in [4.78, 5) is 11.1. The predicted octanol–water partition coefficient (Wildman–Crippen LogP) is 3.41. The zero-order chi connectivity index (χ0) is 11.4. The van der Waals surface area contributed by atoms with Gasteiger partial charge >= 0.3 is 0 Å². The molecule has 5 heteroatoms. The summed E-state index contributed by atoms with van der Waals surface area (Å²) in [5.41, 5.74) is 0.819. The minimum Gasteiger partial charge on any atom is -0.348 e. The van der Waals surface area contributed by atoms with Gasteiger partial charge in [-0.15, -0.1) is 11.6 Å². The lowest BCUT2D eigenvalue weighted by molar-refractivity contribution is -0.119. The van der Waals surface area contributed by atoms with Gasteiger partial charge < -0.3 is 5.32 Å². The maximum Gasteiger partial charge on any atom is 0.235 e. The Hall–Kier alpha value is -0.440. The number of amides is 1. The molecule has 15 heavy (non-hydrogen) atoms. The van der Waals surface area contributed by atoms with Crippen LogP contribution in [0.4, 0.5) is 0 Å². The number of rotatable bonds is 3. The average Bonchev–Trinajstić information content (AvgIpc) is 2.17. The van der Waals surface area contributed by atoms with Gasteiger partial charge in [0.1, 0.15) is 5.88 Å². The van der Waals surface area contributed by atoms with Crippen molar-refractivity contribution in [3.8, 4) is 0 Å². The number of hydrogen-bond donors (Lipinski definition) is 1. The van der Waals surface area contributed by atoms with Gasteiger partial charge in [-0.3, -0.25) is 4.79 Å². The van der Waals surface area contributed by atoms with Crippen LogP contribution < -0.4 is 5.32 Å². The summed E-state index contributed by atoms with van der Waals surface area (Å²) < 4.78 is 0.